The molecule has 0 spiro atoms. The lowest BCUT2D eigenvalue weighted by atomic mass is 10.2. The van der Waals surface area contributed by atoms with Crippen LogP contribution in [0.3, 0.4) is 0 Å². The molecule has 1 saturated heterocycles. The predicted octanol–water partition coefficient (Wildman–Crippen LogP) is 1.15. The van der Waals surface area contributed by atoms with Gasteiger partial charge < -0.3 is 10.1 Å². The summed E-state index contributed by atoms with van der Waals surface area (Å²) >= 11 is 0. The summed E-state index contributed by atoms with van der Waals surface area (Å²) in [6.07, 6.45) is 5.10. The van der Waals surface area contributed by atoms with Crippen molar-refractivity contribution >= 4 is 26.7 Å². The zero-order valence-electron chi connectivity index (χ0n) is 14.0. The summed E-state index contributed by atoms with van der Waals surface area (Å²) in [6.45, 7) is 0.883. The van der Waals surface area contributed by atoms with Crippen molar-refractivity contribution in [2.45, 2.75) is 23.8 Å². The molecule has 1 atom stereocenters. The maximum Gasteiger partial charge on any atom is 0.243 e. The number of hydrogen-bond acceptors (Lipinski definition) is 5. The summed E-state index contributed by atoms with van der Waals surface area (Å²) in [5.74, 6) is -0.344. The van der Waals surface area contributed by atoms with Crippen LogP contribution in [0.25, 0.3) is 10.8 Å². The van der Waals surface area contributed by atoms with E-state index in [2.05, 4.69) is 10.3 Å². The maximum absolute atomic E-state index is 12.8. The van der Waals surface area contributed by atoms with Gasteiger partial charge in [-0.15, -0.1) is 0 Å². The molecule has 2 heterocycles. The topological polar surface area (TPSA) is 88.6 Å². The van der Waals surface area contributed by atoms with E-state index in [1.165, 1.54) is 7.05 Å². The first-order chi connectivity index (χ1) is 12.0. The molecule has 8 heteroatoms. The van der Waals surface area contributed by atoms with E-state index < -0.39 is 10.0 Å². The van der Waals surface area contributed by atoms with Gasteiger partial charge in [0.25, 0.3) is 0 Å². The third kappa shape index (κ3) is 3.97. The van der Waals surface area contributed by atoms with Crippen LogP contribution in [-0.2, 0) is 19.6 Å². The van der Waals surface area contributed by atoms with Crippen LogP contribution in [0.5, 0.6) is 0 Å². The molecule has 1 aliphatic heterocycles. The number of carbonyl (C=O) groups is 1. The van der Waals surface area contributed by atoms with Crippen LogP contribution >= 0.6 is 0 Å². The number of ether oxygens (including phenoxy) is 1. The molecule has 1 amide bonds. The predicted molar refractivity (Wildman–Crippen MR) is 93.5 cm³/mol. The number of hydrogen-bond donors (Lipinski definition) is 1. The fourth-order valence-electron chi connectivity index (χ4n) is 2.86. The van der Waals surface area contributed by atoms with E-state index in [1.807, 2.05) is 0 Å². The number of nitrogens with one attached hydrogen (secondary N) is 1. The van der Waals surface area contributed by atoms with Gasteiger partial charge >= 0.3 is 0 Å². The Morgan fingerprint density at radius 1 is 1.40 bits per heavy atom. The van der Waals surface area contributed by atoms with Crippen LogP contribution in [0.4, 0.5) is 0 Å². The maximum atomic E-state index is 12.8. The molecule has 2 aromatic rings. The highest BCUT2D eigenvalue weighted by molar-refractivity contribution is 7.89. The van der Waals surface area contributed by atoms with E-state index in [-0.39, 0.29) is 23.5 Å². The van der Waals surface area contributed by atoms with E-state index in [1.54, 1.807) is 36.7 Å². The Morgan fingerprint density at radius 2 is 2.24 bits per heavy atom. The SMILES string of the molecule is CN(CC(=O)NCC1CCCO1)S(=O)(=O)c1cccc2cnccc12. The van der Waals surface area contributed by atoms with Gasteiger partial charge in [0.2, 0.25) is 15.9 Å². The van der Waals surface area contributed by atoms with Crippen LogP contribution < -0.4 is 5.32 Å². The third-order valence-corrected chi connectivity index (χ3v) is 6.11. The van der Waals surface area contributed by atoms with Crippen molar-refractivity contribution in [2.24, 2.45) is 0 Å². The van der Waals surface area contributed by atoms with Crippen LogP contribution in [0.15, 0.2) is 41.6 Å². The first-order valence-electron chi connectivity index (χ1n) is 8.16. The van der Waals surface area contributed by atoms with Crippen molar-refractivity contribution in [1.29, 1.82) is 0 Å². The lowest BCUT2D eigenvalue weighted by molar-refractivity contribution is -0.121. The Hall–Kier alpha value is -2.03. The molecule has 1 aliphatic rings. The molecular weight excluding hydrogens is 342 g/mol. The van der Waals surface area contributed by atoms with E-state index >= 15 is 0 Å². The molecule has 1 aromatic heterocycles. The molecular formula is C17H21N3O4S. The molecule has 0 bridgehead atoms. The number of pyridine rings is 1. The van der Waals surface area contributed by atoms with Gasteiger partial charge in [-0.3, -0.25) is 9.78 Å². The highest BCUT2D eigenvalue weighted by atomic mass is 32.2. The minimum absolute atomic E-state index is 0.0245. The summed E-state index contributed by atoms with van der Waals surface area (Å²) in [4.78, 5) is 16.2. The monoisotopic (exact) mass is 363 g/mol. The molecule has 1 N–H and O–H groups in total. The second kappa shape index (κ2) is 7.47. The number of likely N-dealkylation sites (N-methyl/N-ethyl adjacent to an activating group) is 1. The summed E-state index contributed by atoms with van der Waals surface area (Å²) in [5, 5.41) is 4.06. The Kier molecular flexibility index (Phi) is 5.31. The number of aromatic nitrogens is 1. The number of benzene rings is 1. The third-order valence-electron chi connectivity index (χ3n) is 4.25. The van der Waals surface area contributed by atoms with Gasteiger partial charge in [0.15, 0.2) is 0 Å². The molecule has 1 fully saturated rings. The van der Waals surface area contributed by atoms with Crippen molar-refractivity contribution in [3.8, 4) is 0 Å². The molecule has 7 nitrogen and oxygen atoms in total. The molecule has 134 valence electrons. The van der Waals surface area contributed by atoms with Gasteiger partial charge in [-0.1, -0.05) is 12.1 Å². The van der Waals surface area contributed by atoms with Crippen molar-refractivity contribution in [2.75, 3.05) is 26.7 Å². The van der Waals surface area contributed by atoms with Crippen LogP contribution in [0, 0.1) is 0 Å². The largest absolute Gasteiger partial charge is 0.376 e. The smallest absolute Gasteiger partial charge is 0.243 e. The number of fused-ring (bicyclic) bond motifs is 1. The second-order valence-electron chi connectivity index (χ2n) is 6.05. The van der Waals surface area contributed by atoms with Gasteiger partial charge in [-0.25, -0.2) is 8.42 Å². The van der Waals surface area contributed by atoms with Gasteiger partial charge in [0, 0.05) is 43.4 Å². The minimum Gasteiger partial charge on any atom is -0.376 e. The van der Waals surface area contributed by atoms with Gasteiger partial charge in [0.05, 0.1) is 17.5 Å². The zero-order chi connectivity index (χ0) is 17.9. The van der Waals surface area contributed by atoms with Crippen LogP contribution in [0.1, 0.15) is 12.8 Å². The first kappa shape index (κ1) is 17.8. The number of nitrogens with zero attached hydrogens (tertiary/aromatic N) is 2. The summed E-state index contributed by atoms with van der Waals surface area (Å²) in [7, 11) is -2.38. The van der Waals surface area contributed by atoms with Gasteiger partial charge in [-0.2, -0.15) is 4.31 Å². The molecule has 1 unspecified atom stereocenters. The Bertz CT molecular complexity index is 858. The van der Waals surface area contributed by atoms with E-state index in [4.69, 9.17) is 4.74 Å². The fourth-order valence-corrected chi connectivity index (χ4v) is 4.20. The van der Waals surface area contributed by atoms with Crippen molar-refractivity contribution in [1.82, 2.24) is 14.6 Å². The number of rotatable bonds is 6. The average Bonchev–Trinajstić information content (AvgIpc) is 3.13. The molecule has 0 radical (unpaired) electrons. The molecule has 3 rings (SSSR count). The minimum atomic E-state index is -3.78. The Morgan fingerprint density at radius 3 is 3.00 bits per heavy atom. The normalized spacial score (nSPS) is 17.9. The molecule has 0 saturated carbocycles. The highest BCUT2D eigenvalue weighted by Gasteiger charge is 2.25. The fraction of sp³-hybridized carbons (Fsp3) is 0.412. The Balaban J connectivity index is 1.71. The second-order valence-corrected chi connectivity index (χ2v) is 8.07. The van der Waals surface area contributed by atoms with Crippen LogP contribution in [-0.4, -0.2) is 56.5 Å². The van der Waals surface area contributed by atoms with Gasteiger partial charge in [-0.05, 0) is 25.0 Å². The summed E-state index contributed by atoms with van der Waals surface area (Å²) in [6, 6.07) is 6.67. The first-order valence-corrected chi connectivity index (χ1v) is 9.60. The number of sulfonamides is 1. The quantitative estimate of drug-likeness (QED) is 0.832. The standard InChI is InChI=1S/C17H21N3O4S/c1-20(12-17(21)19-11-14-5-3-9-24-14)25(22,23)16-6-2-4-13-10-18-8-7-15(13)16/h2,4,6-8,10,14H,3,5,9,11-12H2,1H3,(H,19,21). The summed E-state index contributed by atoms with van der Waals surface area (Å²) in [5.41, 5.74) is 0. The number of amides is 1. The Labute approximate surface area is 147 Å². The lowest BCUT2D eigenvalue weighted by Gasteiger charge is -2.18. The van der Waals surface area contributed by atoms with E-state index in [0.29, 0.717) is 18.5 Å². The van der Waals surface area contributed by atoms with Crippen molar-refractivity contribution < 1.29 is 17.9 Å². The van der Waals surface area contributed by atoms with Gasteiger partial charge in [0.1, 0.15) is 0 Å². The zero-order valence-corrected chi connectivity index (χ0v) is 14.8. The van der Waals surface area contributed by atoms with E-state index in [0.717, 1.165) is 22.5 Å². The molecule has 1 aromatic carbocycles. The van der Waals surface area contributed by atoms with Crippen LogP contribution in [0.2, 0.25) is 0 Å². The lowest BCUT2D eigenvalue weighted by Crippen LogP contribution is -2.40. The highest BCUT2D eigenvalue weighted by Crippen LogP contribution is 2.24. The van der Waals surface area contributed by atoms with Crippen molar-refractivity contribution in [3.63, 3.8) is 0 Å². The molecule has 0 aliphatic carbocycles. The summed E-state index contributed by atoms with van der Waals surface area (Å²) < 4.78 is 32.2. The van der Waals surface area contributed by atoms with E-state index in [9.17, 15) is 13.2 Å². The van der Waals surface area contributed by atoms with Crippen molar-refractivity contribution in [3.05, 3.63) is 36.7 Å². The number of carbonyl (C=O) groups excluding carboxylic acids is 1. The average molecular weight is 363 g/mol. The molecule has 25 heavy (non-hydrogen) atoms.